The molecule has 3 rings (SSSR count). The third-order valence-electron chi connectivity index (χ3n) is 4.59. The Morgan fingerprint density at radius 3 is 2.15 bits per heavy atom. The molecular formula is C22H23Cl2N5O4. The number of hydrogen-bond acceptors (Lipinski definition) is 5. The van der Waals surface area contributed by atoms with E-state index in [9.17, 15) is 9.59 Å². The predicted octanol–water partition coefficient (Wildman–Crippen LogP) is 3.51. The number of carbonyl (C=O) groups is 2. The smallest absolute Gasteiger partial charge is 0.343 e. The van der Waals surface area contributed by atoms with Crippen LogP contribution in [0, 0.1) is 10.8 Å². The molecule has 0 atom stereocenters. The highest BCUT2D eigenvalue weighted by atomic mass is 35.5. The van der Waals surface area contributed by atoms with Crippen LogP contribution >= 0.6 is 24.8 Å². The molecule has 8 N–H and O–H groups in total. The van der Waals surface area contributed by atoms with Crippen molar-refractivity contribution in [3.05, 3.63) is 71.3 Å². The summed E-state index contributed by atoms with van der Waals surface area (Å²) in [6.07, 6.45) is 0.0275. The molecule has 0 amide bonds. The van der Waals surface area contributed by atoms with Gasteiger partial charge in [-0.1, -0.05) is 18.2 Å². The SMILES string of the molecule is Cl.Cl.N=C(N)Nc1ccc(C(=O)Oc2ccc3cc(C(=N)N)ccc3c2CCC(=O)O)cc1. The highest BCUT2D eigenvalue weighted by Gasteiger charge is 2.16. The van der Waals surface area contributed by atoms with Gasteiger partial charge in [0.2, 0.25) is 0 Å². The van der Waals surface area contributed by atoms with Crippen LogP contribution in [0.1, 0.15) is 27.9 Å². The molecule has 0 aliphatic heterocycles. The van der Waals surface area contributed by atoms with Crippen LogP contribution in [0.15, 0.2) is 54.6 Å². The molecule has 0 bridgehead atoms. The Bertz CT molecular complexity index is 1200. The Morgan fingerprint density at radius 2 is 1.58 bits per heavy atom. The van der Waals surface area contributed by atoms with Gasteiger partial charge in [0.25, 0.3) is 0 Å². The van der Waals surface area contributed by atoms with Crippen molar-refractivity contribution in [2.24, 2.45) is 11.5 Å². The minimum absolute atomic E-state index is 0. The van der Waals surface area contributed by atoms with Crippen molar-refractivity contribution in [2.45, 2.75) is 12.8 Å². The number of nitrogen functional groups attached to an aromatic ring is 1. The average molecular weight is 492 g/mol. The number of aryl methyl sites for hydroxylation is 1. The molecule has 0 heterocycles. The fourth-order valence-electron chi connectivity index (χ4n) is 3.13. The summed E-state index contributed by atoms with van der Waals surface area (Å²) in [4.78, 5) is 23.8. The number of fused-ring (bicyclic) bond motifs is 1. The molecule has 0 aliphatic rings. The number of anilines is 1. The zero-order chi connectivity index (χ0) is 22.5. The molecule has 174 valence electrons. The predicted molar refractivity (Wildman–Crippen MR) is 132 cm³/mol. The second-order valence-corrected chi connectivity index (χ2v) is 6.79. The molecule has 3 aromatic carbocycles. The third kappa shape index (κ3) is 6.83. The van der Waals surface area contributed by atoms with E-state index in [1.165, 1.54) is 12.1 Å². The molecule has 33 heavy (non-hydrogen) atoms. The number of guanidine groups is 1. The molecule has 3 aromatic rings. The quantitative estimate of drug-likeness (QED) is 0.127. The standard InChI is InChI=1S/C22H21N5O4.2ClH/c23-20(24)14-3-7-16-13(11-14)4-9-18(17(16)8-10-19(28)29)31-21(30)12-1-5-15(6-2-12)27-22(25)26;;/h1-7,9,11H,8,10H2,(H3,23,24)(H,28,29)(H4,25,26,27);2*1H. The number of halogens is 2. The first-order valence-electron chi connectivity index (χ1n) is 9.29. The maximum Gasteiger partial charge on any atom is 0.343 e. The molecule has 0 fully saturated rings. The second-order valence-electron chi connectivity index (χ2n) is 6.79. The van der Waals surface area contributed by atoms with E-state index >= 15 is 0 Å². The topological polar surface area (TPSA) is 175 Å². The van der Waals surface area contributed by atoms with E-state index < -0.39 is 11.9 Å². The highest BCUT2D eigenvalue weighted by Crippen LogP contribution is 2.31. The molecule has 0 saturated carbocycles. The number of hydrogen-bond donors (Lipinski definition) is 6. The number of ether oxygens (including phenoxy) is 1. The number of nitrogens with two attached hydrogens (primary N) is 2. The number of benzene rings is 3. The largest absolute Gasteiger partial charge is 0.481 e. The van der Waals surface area contributed by atoms with Gasteiger partial charge in [0.05, 0.1) is 5.56 Å². The molecule has 0 spiro atoms. The monoisotopic (exact) mass is 491 g/mol. The van der Waals surface area contributed by atoms with E-state index in [-0.39, 0.29) is 60.8 Å². The van der Waals surface area contributed by atoms with Crippen molar-refractivity contribution in [2.75, 3.05) is 5.32 Å². The van der Waals surface area contributed by atoms with Gasteiger partial charge in [0.1, 0.15) is 11.6 Å². The zero-order valence-electron chi connectivity index (χ0n) is 17.3. The van der Waals surface area contributed by atoms with Crippen LogP contribution in [0.4, 0.5) is 5.69 Å². The maximum atomic E-state index is 12.6. The molecule has 0 saturated heterocycles. The van der Waals surface area contributed by atoms with Crippen molar-refractivity contribution >= 4 is 65.0 Å². The summed E-state index contributed by atoms with van der Waals surface area (Å²) in [6.45, 7) is 0. The van der Waals surface area contributed by atoms with Gasteiger partial charge in [-0.25, -0.2) is 4.79 Å². The normalized spacial score (nSPS) is 9.82. The van der Waals surface area contributed by atoms with Gasteiger partial charge in [-0.15, -0.1) is 24.8 Å². The van der Waals surface area contributed by atoms with E-state index in [4.69, 9.17) is 32.1 Å². The number of carbonyl (C=O) groups excluding carboxylic acids is 1. The minimum Gasteiger partial charge on any atom is -0.481 e. The van der Waals surface area contributed by atoms with Crippen LogP contribution in [0.3, 0.4) is 0 Å². The second kappa shape index (κ2) is 11.7. The van der Waals surface area contributed by atoms with Crippen molar-refractivity contribution in [1.29, 1.82) is 10.8 Å². The summed E-state index contributed by atoms with van der Waals surface area (Å²) in [5.41, 5.74) is 12.8. The first kappa shape index (κ1) is 27.2. The minimum atomic E-state index is -0.969. The van der Waals surface area contributed by atoms with Crippen LogP contribution in [0.5, 0.6) is 5.75 Å². The summed E-state index contributed by atoms with van der Waals surface area (Å²) in [5.74, 6) is -1.61. The molecular weight excluding hydrogens is 469 g/mol. The lowest BCUT2D eigenvalue weighted by atomic mass is 9.97. The fraction of sp³-hybridized carbons (Fsp3) is 0.0909. The number of carboxylic acid groups (broad SMARTS) is 1. The molecule has 11 heteroatoms. The molecule has 0 radical (unpaired) electrons. The Kier molecular flexibility index (Phi) is 9.65. The summed E-state index contributed by atoms with van der Waals surface area (Å²) in [7, 11) is 0. The van der Waals surface area contributed by atoms with Crippen molar-refractivity contribution in [3.63, 3.8) is 0 Å². The van der Waals surface area contributed by atoms with E-state index in [1.807, 2.05) is 0 Å². The molecule has 0 unspecified atom stereocenters. The van der Waals surface area contributed by atoms with E-state index in [0.717, 1.165) is 10.8 Å². The first-order valence-corrected chi connectivity index (χ1v) is 9.29. The Hall–Kier alpha value is -3.82. The zero-order valence-corrected chi connectivity index (χ0v) is 18.9. The van der Waals surface area contributed by atoms with Gasteiger partial charge in [-0.2, -0.15) is 0 Å². The van der Waals surface area contributed by atoms with E-state index in [2.05, 4.69) is 5.32 Å². The van der Waals surface area contributed by atoms with Crippen LogP contribution in [-0.4, -0.2) is 28.8 Å². The van der Waals surface area contributed by atoms with Gasteiger partial charge in [0.15, 0.2) is 5.96 Å². The molecule has 0 aromatic heterocycles. The van der Waals surface area contributed by atoms with E-state index in [1.54, 1.807) is 42.5 Å². The van der Waals surface area contributed by atoms with Crippen molar-refractivity contribution in [1.82, 2.24) is 0 Å². The molecule has 0 aliphatic carbocycles. The molecule has 9 nitrogen and oxygen atoms in total. The van der Waals surface area contributed by atoms with Crippen LogP contribution < -0.4 is 21.5 Å². The number of amidine groups is 1. The van der Waals surface area contributed by atoms with Crippen molar-refractivity contribution < 1.29 is 19.4 Å². The summed E-state index contributed by atoms with van der Waals surface area (Å²) in [5, 5.41) is 28.0. The van der Waals surface area contributed by atoms with E-state index in [0.29, 0.717) is 16.8 Å². The summed E-state index contributed by atoms with van der Waals surface area (Å²) >= 11 is 0. The Morgan fingerprint density at radius 1 is 0.939 bits per heavy atom. The van der Waals surface area contributed by atoms with Crippen molar-refractivity contribution in [3.8, 4) is 5.75 Å². The fourth-order valence-corrected chi connectivity index (χ4v) is 3.13. The maximum absolute atomic E-state index is 12.6. The van der Waals surface area contributed by atoms with Gasteiger partial charge >= 0.3 is 11.9 Å². The summed E-state index contributed by atoms with van der Waals surface area (Å²) < 4.78 is 5.58. The Labute approximate surface area is 201 Å². The van der Waals surface area contributed by atoms with Crippen LogP contribution in [-0.2, 0) is 11.2 Å². The highest BCUT2D eigenvalue weighted by molar-refractivity contribution is 6.00. The van der Waals surface area contributed by atoms with Gasteiger partial charge < -0.3 is 26.6 Å². The van der Waals surface area contributed by atoms with Gasteiger partial charge in [-0.05, 0) is 53.6 Å². The van der Waals surface area contributed by atoms with Crippen LogP contribution in [0.25, 0.3) is 10.8 Å². The number of rotatable bonds is 7. The first-order chi connectivity index (χ1) is 14.7. The number of esters is 1. The third-order valence-corrected chi connectivity index (χ3v) is 4.59. The van der Waals surface area contributed by atoms with Gasteiger partial charge in [0, 0.05) is 23.2 Å². The lowest BCUT2D eigenvalue weighted by molar-refractivity contribution is -0.136. The number of aliphatic carboxylic acids is 1. The van der Waals surface area contributed by atoms with Crippen LogP contribution in [0.2, 0.25) is 0 Å². The Balaban J connectivity index is 0.00000272. The van der Waals surface area contributed by atoms with Gasteiger partial charge in [-0.3, -0.25) is 15.6 Å². The lowest BCUT2D eigenvalue weighted by Crippen LogP contribution is -2.20. The number of carboxylic acids is 1. The average Bonchev–Trinajstić information content (AvgIpc) is 2.72. The summed E-state index contributed by atoms with van der Waals surface area (Å²) in [6, 6.07) is 14.7. The lowest BCUT2D eigenvalue weighted by Gasteiger charge is -2.14. The number of nitrogens with one attached hydrogen (secondary N) is 3.